The molecule has 3 aromatic rings. The van der Waals surface area contributed by atoms with Gasteiger partial charge in [0.15, 0.2) is 5.88 Å². The predicted molar refractivity (Wildman–Crippen MR) is 120 cm³/mol. The third-order valence-corrected chi connectivity index (χ3v) is 5.75. The molecule has 3 aromatic heterocycles. The number of carbonyl (C=O) groups is 1. The number of amides is 1. The zero-order valence-corrected chi connectivity index (χ0v) is 18.3. The Morgan fingerprint density at radius 1 is 1.21 bits per heavy atom. The Morgan fingerprint density at radius 3 is 2.71 bits per heavy atom. The van der Waals surface area contributed by atoms with Gasteiger partial charge in [0.1, 0.15) is 11.6 Å². The number of rotatable bonds is 6. The summed E-state index contributed by atoms with van der Waals surface area (Å²) in [4.78, 5) is 46.2. The van der Waals surface area contributed by atoms with Gasteiger partial charge in [0, 0.05) is 37.8 Å². The van der Waals surface area contributed by atoms with Crippen LogP contribution in [0.2, 0.25) is 0 Å². The van der Waals surface area contributed by atoms with Crippen molar-refractivity contribution in [3.63, 3.8) is 0 Å². The lowest BCUT2D eigenvalue weighted by atomic mass is 9.87. The van der Waals surface area contributed by atoms with Crippen LogP contribution in [0.3, 0.4) is 0 Å². The number of carbonyl (C=O) groups excluding carboxylic acids is 1. The summed E-state index contributed by atoms with van der Waals surface area (Å²) in [6, 6.07) is 9.53. The molecule has 9 nitrogen and oxygen atoms in total. The Hall–Kier alpha value is -3.86. The quantitative estimate of drug-likeness (QED) is 0.509. The number of alkyl halides is 2. The van der Waals surface area contributed by atoms with E-state index in [-0.39, 0.29) is 41.8 Å². The number of piperidine rings is 1. The van der Waals surface area contributed by atoms with E-state index in [1.807, 2.05) is 0 Å². The summed E-state index contributed by atoms with van der Waals surface area (Å²) >= 11 is 0. The van der Waals surface area contributed by atoms with Crippen molar-refractivity contribution in [2.45, 2.75) is 31.2 Å². The number of aromatic amines is 2. The number of halogens is 2. The monoisotopic (exact) mass is 471 g/mol. The number of pyridine rings is 3. The van der Waals surface area contributed by atoms with Crippen LogP contribution in [0.5, 0.6) is 11.6 Å². The summed E-state index contributed by atoms with van der Waals surface area (Å²) in [5.74, 6) is -3.61. The molecule has 0 aliphatic carbocycles. The van der Waals surface area contributed by atoms with Crippen molar-refractivity contribution in [1.29, 1.82) is 0 Å². The first-order valence-electron chi connectivity index (χ1n) is 10.7. The van der Waals surface area contributed by atoms with Crippen LogP contribution < -0.4 is 21.2 Å². The summed E-state index contributed by atoms with van der Waals surface area (Å²) in [5.41, 5.74) is -0.353. The van der Waals surface area contributed by atoms with Gasteiger partial charge in [-0.2, -0.15) is 0 Å². The number of aromatic nitrogens is 3. The Bertz CT molecular complexity index is 1250. The predicted octanol–water partition coefficient (Wildman–Crippen LogP) is 2.70. The lowest BCUT2D eigenvalue weighted by Crippen LogP contribution is -2.52. The number of hydrogen-bond acceptors (Lipinski definition) is 6. The Kier molecular flexibility index (Phi) is 6.55. The summed E-state index contributed by atoms with van der Waals surface area (Å²) < 4.78 is 34.7. The lowest BCUT2D eigenvalue weighted by molar-refractivity contribution is -0.125. The standard InChI is InChI=1S/C23H23F2N5O4/c1-14(30-10-9-23(24,25)17(13-30)15-5-8-19(31)27-11-15)22(33)28-18-7-6-16(12-26-18)34-21-4-2-3-20(32)29-21/h2-8,11-12,14,17H,9-10,13H2,1H3,(H,27,31)(H,29,32)(H,26,28,33). The second-order valence-electron chi connectivity index (χ2n) is 8.07. The van der Waals surface area contributed by atoms with Gasteiger partial charge in [0.2, 0.25) is 11.5 Å². The second-order valence-corrected chi connectivity index (χ2v) is 8.07. The molecule has 0 aromatic carbocycles. The molecular weight excluding hydrogens is 448 g/mol. The van der Waals surface area contributed by atoms with Crippen molar-refractivity contribution in [2.75, 3.05) is 18.4 Å². The minimum atomic E-state index is -2.95. The molecule has 4 rings (SSSR count). The van der Waals surface area contributed by atoms with Gasteiger partial charge < -0.3 is 15.0 Å². The maximum absolute atomic E-state index is 14.6. The molecule has 1 aliphatic heterocycles. The number of anilines is 1. The molecule has 3 N–H and O–H groups in total. The summed E-state index contributed by atoms with van der Waals surface area (Å²) in [7, 11) is 0. The van der Waals surface area contributed by atoms with E-state index in [9.17, 15) is 23.2 Å². The SMILES string of the molecule is CC(C(=O)Nc1ccc(Oc2cccc(=O)[nH]2)cn1)N1CCC(F)(F)C(c2ccc(=O)[nH]c2)C1. The van der Waals surface area contributed by atoms with Crippen LogP contribution in [0.25, 0.3) is 0 Å². The Labute approximate surface area is 192 Å². The van der Waals surface area contributed by atoms with Gasteiger partial charge >= 0.3 is 0 Å². The topological polar surface area (TPSA) is 120 Å². The van der Waals surface area contributed by atoms with Gasteiger partial charge in [-0.25, -0.2) is 13.8 Å². The Balaban J connectivity index is 1.39. The molecule has 1 aliphatic rings. The zero-order valence-electron chi connectivity index (χ0n) is 18.3. The third kappa shape index (κ3) is 5.37. The van der Waals surface area contributed by atoms with Gasteiger partial charge in [0.05, 0.1) is 18.2 Å². The molecule has 1 amide bonds. The van der Waals surface area contributed by atoms with E-state index in [2.05, 4.69) is 20.3 Å². The van der Waals surface area contributed by atoms with Crippen LogP contribution in [-0.4, -0.2) is 50.8 Å². The minimum absolute atomic E-state index is 0.0386. The largest absolute Gasteiger partial charge is 0.439 e. The zero-order chi connectivity index (χ0) is 24.3. The highest BCUT2D eigenvalue weighted by Crippen LogP contribution is 2.40. The number of nitrogens with zero attached hydrogens (tertiary/aromatic N) is 2. The highest BCUT2D eigenvalue weighted by Gasteiger charge is 2.46. The summed E-state index contributed by atoms with van der Waals surface area (Å²) in [6.07, 6.45) is 2.29. The molecule has 0 radical (unpaired) electrons. The molecule has 0 saturated carbocycles. The number of ether oxygens (including phenoxy) is 1. The molecule has 34 heavy (non-hydrogen) atoms. The first kappa shape index (κ1) is 23.3. The van der Waals surface area contributed by atoms with E-state index in [4.69, 9.17) is 4.74 Å². The van der Waals surface area contributed by atoms with Gasteiger partial charge in [-0.15, -0.1) is 0 Å². The summed E-state index contributed by atoms with van der Waals surface area (Å²) in [5, 5.41) is 2.68. The maximum Gasteiger partial charge on any atom is 0.257 e. The van der Waals surface area contributed by atoms with E-state index in [1.165, 1.54) is 36.7 Å². The van der Waals surface area contributed by atoms with Gasteiger partial charge in [-0.1, -0.05) is 12.1 Å². The van der Waals surface area contributed by atoms with Crippen LogP contribution in [-0.2, 0) is 4.79 Å². The molecule has 178 valence electrons. The van der Waals surface area contributed by atoms with Crippen molar-refractivity contribution in [2.24, 2.45) is 0 Å². The lowest BCUT2D eigenvalue weighted by Gasteiger charge is -2.40. The van der Waals surface area contributed by atoms with Gasteiger partial charge in [-0.3, -0.25) is 24.3 Å². The van der Waals surface area contributed by atoms with Gasteiger partial charge in [0.25, 0.3) is 11.5 Å². The highest BCUT2D eigenvalue weighted by atomic mass is 19.3. The van der Waals surface area contributed by atoms with Crippen molar-refractivity contribution >= 4 is 11.7 Å². The molecule has 4 heterocycles. The van der Waals surface area contributed by atoms with E-state index < -0.39 is 24.3 Å². The number of nitrogens with one attached hydrogen (secondary N) is 3. The molecule has 2 unspecified atom stereocenters. The fourth-order valence-corrected chi connectivity index (χ4v) is 3.79. The van der Waals surface area contributed by atoms with Crippen LogP contribution in [0.1, 0.15) is 24.8 Å². The van der Waals surface area contributed by atoms with Crippen molar-refractivity contribution < 1.29 is 18.3 Å². The first-order chi connectivity index (χ1) is 16.2. The van der Waals surface area contributed by atoms with Crippen molar-refractivity contribution in [3.8, 4) is 11.6 Å². The average Bonchev–Trinajstić information content (AvgIpc) is 2.80. The van der Waals surface area contributed by atoms with Crippen LogP contribution >= 0.6 is 0 Å². The molecular formula is C23H23F2N5O4. The van der Waals surface area contributed by atoms with Crippen LogP contribution in [0.4, 0.5) is 14.6 Å². The normalized spacial score (nSPS) is 18.7. The molecule has 2 atom stereocenters. The van der Waals surface area contributed by atoms with Gasteiger partial charge in [-0.05, 0) is 30.7 Å². The second kappa shape index (κ2) is 9.56. The molecule has 1 saturated heterocycles. The number of hydrogen-bond donors (Lipinski definition) is 3. The maximum atomic E-state index is 14.6. The Morgan fingerprint density at radius 2 is 2.03 bits per heavy atom. The fourth-order valence-electron chi connectivity index (χ4n) is 3.79. The van der Waals surface area contributed by atoms with E-state index in [0.717, 1.165) is 0 Å². The molecule has 0 spiro atoms. The van der Waals surface area contributed by atoms with Crippen LogP contribution in [0, 0.1) is 0 Å². The smallest absolute Gasteiger partial charge is 0.257 e. The fraction of sp³-hybridized carbons (Fsp3) is 0.304. The summed E-state index contributed by atoms with van der Waals surface area (Å²) in [6.45, 7) is 1.66. The molecule has 0 bridgehead atoms. The van der Waals surface area contributed by atoms with Crippen molar-refractivity contribution in [1.82, 2.24) is 19.9 Å². The molecule has 1 fully saturated rings. The number of likely N-dealkylation sites (tertiary alicyclic amines) is 1. The van der Waals surface area contributed by atoms with Crippen molar-refractivity contribution in [3.05, 3.63) is 81.1 Å². The first-order valence-corrected chi connectivity index (χ1v) is 10.7. The number of H-pyrrole nitrogens is 2. The third-order valence-electron chi connectivity index (χ3n) is 5.75. The van der Waals surface area contributed by atoms with E-state index in [1.54, 1.807) is 30.0 Å². The van der Waals surface area contributed by atoms with E-state index in [0.29, 0.717) is 11.3 Å². The average molecular weight is 471 g/mol. The highest BCUT2D eigenvalue weighted by molar-refractivity contribution is 5.93. The molecule has 11 heteroatoms. The minimum Gasteiger partial charge on any atom is -0.439 e. The van der Waals surface area contributed by atoms with E-state index >= 15 is 0 Å². The van der Waals surface area contributed by atoms with Crippen LogP contribution in [0.15, 0.2) is 64.4 Å².